The van der Waals surface area contributed by atoms with Crippen LogP contribution in [0.1, 0.15) is 50.8 Å². The summed E-state index contributed by atoms with van der Waals surface area (Å²) in [7, 11) is -3.51. The number of rotatable bonds is 8. The van der Waals surface area contributed by atoms with E-state index in [9.17, 15) is 35.9 Å². The van der Waals surface area contributed by atoms with Gasteiger partial charge in [0, 0.05) is 47.6 Å². The number of carbonyl (C=O) groups is 1. The molecule has 1 fully saturated rings. The summed E-state index contributed by atoms with van der Waals surface area (Å²) in [6.07, 6.45) is -1.45. The largest absolute Gasteiger partial charge is 0.416 e. The summed E-state index contributed by atoms with van der Waals surface area (Å²) < 4.78 is 81.6. The number of alkyl halides is 3. The van der Waals surface area contributed by atoms with Crippen molar-refractivity contribution in [2.24, 2.45) is 0 Å². The van der Waals surface area contributed by atoms with Crippen LogP contribution in [-0.4, -0.2) is 77.3 Å². The Balaban J connectivity index is 1.17. The second-order valence-electron chi connectivity index (χ2n) is 11.7. The number of thiophene rings is 1. The number of fused-ring (bicyclic) bond motifs is 2. The van der Waals surface area contributed by atoms with Crippen LogP contribution < -0.4 is 0 Å². The number of halogens is 4. The summed E-state index contributed by atoms with van der Waals surface area (Å²) in [6.45, 7) is 2.16. The van der Waals surface area contributed by atoms with Gasteiger partial charge in [-0.05, 0) is 67.1 Å². The first-order chi connectivity index (χ1) is 21.3. The van der Waals surface area contributed by atoms with Crippen LogP contribution in [0.25, 0.3) is 21.3 Å². The van der Waals surface area contributed by atoms with Gasteiger partial charge in [0.2, 0.25) is 10.0 Å². The highest BCUT2D eigenvalue weighted by molar-refractivity contribution is 7.88. The minimum Gasteiger partial charge on any atom is -0.390 e. The third-order valence-electron chi connectivity index (χ3n) is 8.73. The highest BCUT2D eigenvalue weighted by Crippen LogP contribution is 2.40. The number of β-amino-alcohol motifs (C(OH)–C–C–N with tert-alkyl or cyclic N) is 1. The van der Waals surface area contributed by atoms with Crippen molar-refractivity contribution >= 4 is 37.7 Å². The minimum atomic E-state index is -4.49. The highest BCUT2D eigenvalue weighted by Gasteiger charge is 2.33. The molecule has 14 heteroatoms. The van der Waals surface area contributed by atoms with Gasteiger partial charge >= 0.3 is 6.18 Å². The molecule has 2 aromatic heterocycles. The van der Waals surface area contributed by atoms with Crippen molar-refractivity contribution in [1.82, 2.24) is 19.0 Å². The van der Waals surface area contributed by atoms with E-state index in [4.69, 9.17) is 0 Å². The molecule has 1 unspecified atom stereocenters. The zero-order chi connectivity index (χ0) is 32.1. The fourth-order valence-electron chi connectivity index (χ4n) is 6.53. The zero-order valence-electron chi connectivity index (χ0n) is 24.4. The Bertz CT molecular complexity index is 1830. The molecule has 1 atom stereocenters. The predicted molar refractivity (Wildman–Crippen MR) is 163 cm³/mol. The summed E-state index contributed by atoms with van der Waals surface area (Å²) in [4.78, 5) is 14.6. The second kappa shape index (κ2) is 12.2. The van der Waals surface area contributed by atoms with Crippen LogP contribution in [0.2, 0.25) is 0 Å². The van der Waals surface area contributed by atoms with Gasteiger partial charge in [-0.15, -0.1) is 11.3 Å². The summed E-state index contributed by atoms with van der Waals surface area (Å²) in [5, 5.41) is 16.7. The van der Waals surface area contributed by atoms with Gasteiger partial charge in [-0.25, -0.2) is 12.8 Å². The Morgan fingerprint density at radius 1 is 1.09 bits per heavy atom. The maximum Gasteiger partial charge on any atom is 0.416 e. The van der Waals surface area contributed by atoms with Crippen LogP contribution in [0.3, 0.4) is 0 Å². The summed E-state index contributed by atoms with van der Waals surface area (Å²) in [6, 6.07) is 9.22. The van der Waals surface area contributed by atoms with Gasteiger partial charge in [-0.3, -0.25) is 9.48 Å². The molecule has 0 amide bonds. The lowest BCUT2D eigenvalue weighted by Crippen LogP contribution is -2.40. The number of nitrogens with zero attached hydrogens (tertiary/aromatic N) is 4. The number of hydrogen-bond acceptors (Lipinski definition) is 7. The molecule has 0 bridgehead atoms. The van der Waals surface area contributed by atoms with Gasteiger partial charge in [0.25, 0.3) is 0 Å². The number of aliphatic hydroxyl groups excluding tert-OH is 1. The molecular formula is C31H32F4N4O4S2. The van der Waals surface area contributed by atoms with Crippen LogP contribution in [0.5, 0.6) is 0 Å². The quantitative estimate of drug-likeness (QED) is 0.203. The molecule has 1 N–H and O–H groups in total. The molecule has 0 spiro atoms. The Kier molecular flexibility index (Phi) is 8.63. The molecule has 0 radical (unpaired) electrons. The second-order valence-corrected chi connectivity index (χ2v) is 14.8. The van der Waals surface area contributed by atoms with Crippen LogP contribution in [0.15, 0.2) is 42.5 Å². The molecule has 1 saturated heterocycles. The number of aliphatic hydroxyl groups is 1. The number of hydrogen-bond donors (Lipinski definition) is 1. The number of aldehydes is 1. The molecule has 6 rings (SSSR count). The lowest BCUT2D eigenvalue weighted by Gasteiger charge is -2.33. The highest BCUT2D eigenvalue weighted by atomic mass is 32.2. The van der Waals surface area contributed by atoms with E-state index in [1.165, 1.54) is 39.9 Å². The average molecular weight is 665 g/mol. The normalized spacial score (nSPS) is 17.9. The van der Waals surface area contributed by atoms with E-state index < -0.39 is 27.9 Å². The van der Waals surface area contributed by atoms with Crippen LogP contribution in [-0.2, 0) is 35.7 Å². The lowest BCUT2D eigenvalue weighted by molar-refractivity contribution is -0.137. The first kappa shape index (κ1) is 31.8. The van der Waals surface area contributed by atoms with Gasteiger partial charge in [-0.2, -0.15) is 22.6 Å². The van der Waals surface area contributed by atoms with Crippen LogP contribution in [0.4, 0.5) is 17.6 Å². The van der Waals surface area contributed by atoms with Gasteiger partial charge in [0.05, 0.1) is 35.0 Å². The molecule has 45 heavy (non-hydrogen) atoms. The van der Waals surface area contributed by atoms with Crippen LogP contribution >= 0.6 is 11.3 Å². The van der Waals surface area contributed by atoms with Gasteiger partial charge < -0.3 is 10.0 Å². The summed E-state index contributed by atoms with van der Waals surface area (Å²) in [5.74, 6) is -0.200. The first-order valence-corrected chi connectivity index (χ1v) is 17.3. The van der Waals surface area contributed by atoms with Crippen molar-refractivity contribution in [2.45, 2.75) is 50.6 Å². The van der Waals surface area contributed by atoms with Gasteiger partial charge in [0.1, 0.15) is 5.82 Å². The molecule has 4 heterocycles. The Morgan fingerprint density at radius 3 is 2.44 bits per heavy atom. The van der Waals surface area contributed by atoms with Crippen molar-refractivity contribution in [3.63, 3.8) is 0 Å². The van der Waals surface area contributed by atoms with Crippen LogP contribution in [0, 0.1) is 5.82 Å². The summed E-state index contributed by atoms with van der Waals surface area (Å²) in [5.41, 5.74) is 2.38. The SMILES string of the molecule is CS(=O)(=O)N1CCc2c(c(-c3ccc(C(F)(F)F)cc3)nn2CC(O)CN2CCC(c3c(C=O)sc4cc(F)ccc34)CC2)C1. The average Bonchev–Trinajstić information content (AvgIpc) is 3.54. The fraction of sp³-hybridized carbons (Fsp3) is 0.419. The number of carbonyl (C=O) groups excluding carboxylic acids is 1. The van der Waals surface area contributed by atoms with Crippen molar-refractivity contribution in [3.8, 4) is 11.3 Å². The molecule has 2 aliphatic rings. The number of piperidine rings is 1. The van der Waals surface area contributed by atoms with E-state index in [1.807, 2.05) is 0 Å². The van der Waals surface area contributed by atoms with Gasteiger partial charge in [-0.1, -0.05) is 18.2 Å². The van der Waals surface area contributed by atoms with Gasteiger partial charge in [0.15, 0.2) is 6.29 Å². The molecule has 240 valence electrons. The molecular weight excluding hydrogens is 632 g/mol. The third kappa shape index (κ3) is 6.57. The zero-order valence-corrected chi connectivity index (χ0v) is 26.1. The number of sulfonamides is 1. The van der Waals surface area contributed by atoms with Crippen molar-refractivity contribution in [2.75, 3.05) is 32.4 Å². The maximum atomic E-state index is 13.8. The smallest absolute Gasteiger partial charge is 0.390 e. The van der Waals surface area contributed by atoms with E-state index in [0.29, 0.717) is 47.8 Å². The third-order valence-corrected chi connectivity index (χ3v) is 11.1. The van der Waals surface area contributed by atoms with Crippen molar-refractivity contribution in [3.05, 3.63) is 75.5 Å². The molecule has 4 aromatic rings. The monoisotopic (exact) mass is 664 g/mol. The fourth-order valence-corrected chi connectivity index (χ4v) is 8.44. The number of benzene rings is 2. The standard InChI is InChI=1S/C31H32F4N4O4S2/c1-45(42,43)38-13-10-26-25(17-38)30(20-2-4-21(5-3-20)31(33,34)35)36-39(26)16-23(41)15-37-11-8-19(9-12-37)29-24-7-6-22(32)14-27(24)44-28(29)18-40/h2-7,14,18-19,23,41H,8-13,15-17H2,1H3. The predicted octanol–water partition coefficient (Wildman–Crippen LogP) is 5.29. The van der Waals surface area contributed by atoms with E-state index in [-0.39, 0.29) is 31.4 Å². The van der Waals surface area contributed by atoms with Crippen molar-refractivity contribution in [1.29, 1.82) is 0 Å². The number of aromatic nitrogens is 2. The maximum absolute atomic E-state index is 13.8. The van der Waals surface area contributed by atoms with E-state index >= 15 is 0 Å². The van der Waals surface area contributed by atoms with E-state index in [0.717, 1.165) is 58.9 Å². The molecule has 0 aliphatic carbocycles. The Labute approximate surface area is 261 Å². The molecule has 8 nitrogen and oxygen atoms in total. The molecule has 0 saturated carbocycles. The Hall–Kier alpha value is -3.17. The molecule has 2 aliphatic heterocycles. The van der Waals surface area contributed by atoms with E-state index in [1.54, 1.807) is 10.7 Å². The lowest BCUT2D eigenvalue weighted by atomic mass is 9.87. The molecule has 2 aromatic carbocycles. The Morgan fingerprint density at radius 2 is 1.80 bits per heavy atom. The number of likely N-dealkylation sites (tertiary alicyclic amines) is 1. The minimum absolute atomic E-state index is 0.0425. The summed E-state index contributed by atoms with van der Waals surface area (Å²) >= 11 is 1.30. The first-order valence-electron chi connectivity index (χ1n) is 14.6. The van der Waals surface area contributed by atoms with E-state index in [2.05, 4.69) is 10.00 Å². The topological polar surface area (TPSA) is 95.7 Å². The van der Waals surface area contributed by atoms with Crippen molar-refractivity contribution < 1.29 is 35.9 Å².